The maximum Gasteiger partial charge on any atom is 0.269 e. The molecule has 0 aliphatic carbocycles. The van der Waals surface area contributed by atoms with Crippen molar-refractivity contribution in [2.24, 2.45) is 0 Å². The van der Waals surface area contributed by atoms with Crippen molar-refractivity contribution in [3.8, 4) is 6.07 Å². The van der Waals surface area contributed by atoms with Crippen molar-refractivity contribution in [3.63, 3.8) is 0 Å². The van der Waals surface area contributed by atoms with Gasteiger partial charge < -0.3 is 10.1 Å². The third-order valence-electron chi connectivity index (χ3n) is 3.96. The van der Waals surface area contributed by atoms with Crippen molar-refractivity contribution in [1.82, 2.24) is 9.88 Å². The van der Waals surface area contributed by atoms with Gasteiger partial charge in [-0.3, -0.25) is 14.2 Å². The van der Waals surface area contributed by atoms with Gasteiger partial charge in [0, 0.05) is 18.1 Å². The highest BCUT2D eigenvalue weighted by Gasteiger charge is 2.15. The van der Waals surface area contributed by atoms with E-state index in [4.69, 9.17) is 4.74 Å². The number of carbonyl (C=O) groups excluding carboxylic acids is 1. The Bertz CT molecular complexity index is 1030. The fraction of sp³-hybridized carbons (Fsp3) is 0.350. The lowest BCUT2D eigenvalue weighted by Gasteiger charge is -2.04. The monoisotopic (exact) mass is 463 g/mol. The van der Waals surface area contributed by atoms with E-state index in [1.807, 2.05) is 37.3 Å². The van der Waals surface area contributed by atoms with Crippen LogP contribution in [0.1, 0.15) is 25.3 Å². The number of ether oxygens (including phenoxy) is 1. The van der Waals surface area contributed by atoms with Crippen LogP contribution in [0.4, 0.5) is 0 Å². The zero-order chi connectivity index (χ0) is 20.5. The standard InChI is InChI=1S/C20H22BrN3O3S/c1-3-4-9-23-18(25)16(13-22)20-24(10-11-27-2)19(26)17(28-20)12-14-5-7-15(21)8-6-14/h5-8,12H,3-4,9-11H2,1-2H3,(H,23,25)/b17-12-,20-16-. The van der Waals surface area contributed by atoms with E-state index < -0.39 is 5.91 Å². The molecule has 28 heavy (non-hydrogen) atoms. The number of amides is 1. The average molecular weight is 464 g/mol. The number of hydrogen-bond acceptors (Lipinski definition) is 5. The normalized spacial score (nSPS) is 12.6. The Morgan fingerprint density at radius 1 is 1.39 bits per heavy atom. The maximum atomic E-state index is 12.9. The Morgan fingerprint density at radius 3 is 2.71 bits per heavy atom. The minimum absolute atomic E-state index is 0.0511. The Kier molecular flexibility index (Phi) is 8.64. The Balaban J connectivity index is 2.61. The van der Waals surface area contributed by atoms with Crippen LogP contribution < -0.4 is 20.1 Å². The van der Waals surface area contributed by atoms with Gasteiger partial charge in [0.05, 0.1) is 17.7 Å². The average Bonchev–Trinajstić information content (AvgIpc) is 2.98. The van der Waals surface area contributed by atoms with Gasteiger partial charge in [-0.2, -0.15) is 5.26 Å². The molecule has 0 unspecified atom stereocenters. The van der Waals surface area contributed by atoms with E-state index in [0.717, 1.165) is 34.2 Å². The fourth-order valence-corrected chi connectivity index (χ4v) is 3.85. The molecule has 148 valence electrons. The number of nitrogens with one attached hydrogen (secondary N) is 1. The minimum Gasteiger partial charge on any atom is -0.383 e. The van der Waals surface area contributed by atoms with E-state index in [-0.39, 0.29) is 17.7 Å². The molecule has 0 spiro atoms. The van der Waals surface area contributed by atoms with Crippen molar-refractivity contribution >= 4 is 44.8 Å². The van der Waals surface area contributed by atoms with E-state index in [0.29, 0.717) is 22.3 Å². The predicted octanol–water partition coefficient (Wildman–Crippen LogP) is 1.74. The molecule has 1 heterocycles. The third kappa shape index (κ3) is 5.64. The largest absolute Gasteiger partial charge is 0.383 e. The van der Waals surface area contributed by atoms with E-state index in [1.165, 1.54) is 11.7 Å². The summed E-state index contributed by atoms with van der Waals surface area (Å²) in [5.41, 5.74) is 0.566. The van der Waals surface area contributed by atoms with Gasteiger partial charge in [-0.05, 0) is 30.2 Å². The van der Waals surface area contributed by atoms with Gasteiger partial charge in [0.15, 0.2) is 5.57 Å². The SMILES string of the molecule is CCCCNC(=O)/C(C#N)=c1\s/c(=C\c2ccc(Br)cc2)c(=O)n1CCOC. The summed E-state index contributed by atoms with van der Waals surface area (Å²) in [6.07, 6.45) is 3.52. The molecule has 0 atom stereocenters. The van der Waals surface area contributed by atoms with Crippen molar-refractivity contribution in [3.05, 3.63) is 53.9 Å². The summed E-state index contributed by atoms with van der Waals surface area (Å²) in [5.74, 6) is -0.460. The van der Waals surface area contributed by atoms with Gasteiger partial charge in [-0.1, -0.05) is 41.4 Å². The van der Waals surface area contributed by atoms with E-state index in [9.17, 15) is 14.9 Å². The lowest BCUT2D eigenvalue weighted by Crippen LogP contribution is -2.36. The zero-order valence-electron chi connectivity index (χ0n) is 15.8. The molecule has 0 radical (unpaired) electrons. The number of carbonyl (C=O) groups is 1. The lowest BCUT2D eigenvalue weighted by atomic mass is 10.2. The number of methoxy groups -OCH3 is 1. The molecular formula is C20H22BrN3O3S. The first-order valence-corrected chi connectivity index (χ1v) is 10.5. The number of nitrogens with zero attached hydrogens (tertiary/aromatic N) is 2. The Labute approximate surface area is 175 Å². The number of nitriles is 1. The fourth-order valence-electron chi connectivity index (χ4n) is 2.46. The van der Waals surface area contributed by atoms with Gasteiger partial charge in [-0.15, -0.1) is 11.3 Å². The molecule has 0 bridgehead atoms. The second-order valence-corrected chi connectivity index (χ2v) is 7.96. The van der Waals surface area contributed by atoms with Crippen molar-refractivity contribution < 1.29 is 9.53 Å². The highest BCUT2D eigenvalue weighted by Crippen LogP contribution is 2.10. The van der Waals surface area contributed by atoms with Crippen LogP contribution in [-0.2, 0) is 16.1 Å². The van der Waals surface area contributed by atoms with Crippen molar-refractivity contribution in [2.45, 2.75) is 26.3 Å². The minimum atomic E-state index is -0.460. The molecule has 0 saturated carbocycles. The summed E-state index contributed by atoms with van der Waals surface area (Å²) in [5, 5.41) is 12.3. The number of hydrogen-bond donors (Lipinski definition) is 1. The number of benzene rings is 1. The lowest BCUT2D eigenvalue weighted by molar-refractivity contribution is -0.115. The summed E-state index contributed by atoms with van der Waals surface area (Å²) in [7, 11) is 1.54. The highest BCUT2D eigenvalue weighted by atomic mass is 79.9. The number of halogens is 1. The smallest absolute Gasteiger partial charge is 0.269 e. The first-order chi connectivity index (χ1) is 13.5. The van der Waals surface area contributed by atoms with Crippen LogP contribution in [0.15, 0.2) is 33.5 Å². The molecule has 1 aromatic heterocycles. The number of aromatic nitrogens is 1. The van der Waals surface area contributed by atoms with Gasteiger partial charge in [0.2, 0.25) is 0 Å². The second kappa shape index (κ2) is 11.0. The molecule has 2 rings (SSSR count). The van der Waals surface area contributed by atoms with Crippen LogP contribution in [0.3, 0.4) is 0 Å². The van der Waals surface area contributed by atoms with Crippen molar-refractivity contribution in [1.29, 1.82) is 5.26 Å². The van der Waals surface area contributed by atoms with Crippen LogP contribution in [-0.4, -0.2) is 30.7 Å². The maximum absolute atomic E-state index is 12.9. The van der Waals surface area contributed by atoms with Gasteiger partial charge in [0.1, 0.15) is 10.7 Å². The third-order valence-corrected chi connectivity index (χ3v) is 5.62. The summed E-state index contributed by atoms with van der Waals surface area (Å²) in [6.45, 7) is 3.08. The van der Waals surface area contributed by atoms with Gasteiger partial charge in [0.25, 0.3) is 11.5 Å². The van der Waals surface area contributed by atoms with Crippen LogP contribution in [0.2, 0.25) is 0 Å². The molecular weight excluding hydrogens is 442 g/mol. The quantitative estimate of drug-likeness (QED) is 0.604. The molecule has 1 amide bonds. The number of rotatable bonds is 8. The summed E-state index contributed by atoms with van der Waals surface area (Å²) in [6, 6.07) is 9.51. The molecule has 8 heteroatoms. The van der Waals surface area contributed by atoms with Crippen molar-refractivity contribution in [2.75, 3.05) is 20.3 Å². The zero-order valence-corrected chi connectivity index (χ0v) is 18.2. The molecule has 1 N–H and O–H groups in total. The molecule has 6 nitrogen and oxygen atoms in total. The van der Waals surface area contributed by atoms with Crippen LogP contribution >= 0.6 is 27.3 Å². The van der Waals surface area contributed by atoms with Gasteiger partial charge >= 0.3 is 0 Å². The topological polar surface area (TPSA) is 84.1 Å². The van der Waals surface area contributed by atoms with E-state index >= 15 is 0 Å². The predicted molar refractivity (Wildman–Crippen MR) is 114 cm³/mol. The van der Waals surface area contributed by atoms with Crippen LogP contribution in [0.5, 0.6) is 0 Å². The molecule has 0 aliphatic heterocycles. The first-order valence-electron chi connectivity index (χ1n) is 8.90. The number of thiazole rings is 1. The summed E-state index contributed by atoms with van der Waals surface area (Å²) in [4.78, 5) is 25.4. The second-order valence-electron chi connectivity index (χ2n) is 6.01. The Hall–Kier alpha value is -2.21. The molecule has 1 aromatic carbocycles. The molecule has 0 aliphatic rings. The summed E-state index contributed by atoms with van der Waals surface area (Å²) >= 11 is 4.53. The highest BCUT2D eigenvalue weighted by molar-refractivity contribution is 9.10. The number of unbranched alkanes of at least 4 members (excludes halogenated alkanes) is 1. The van der Waals surface area contributed by atoms with E-state index in [2.05, 4.69) is 21.2 Å². The Morgan fingerprint density at radius 2 is 2.11 bits per heavy atom. The van der Waals surface area contributed by atoms with Crippen LogP contribution in [0, 0.1) is 11.3 Å². The molecule has 0 fully saturated rings. The van der Waals surface area contributed by atoms with E-state index in [1.54, 1.807) is 6.08 Å². The molecule has 0 saturated heterocycles. The van der Waals surface area contributed by atoms with Crippen LogP contribution in [0.25, 0.3) is 11.6 Å². The van der Waals surface area contributed by atoms with Gasteiger partial charge in [-0.25, -0.2) is 0 Å². The summed E-state index contributed by atoms with van der Waals surface area (Å²) < 4.78 is 8.28. The first kappa shape index (κ1) is 22.1. The molecule has 2 aromatic rings.